The highest BCUT2D eigenvalue weighted by molar-refractivity contribution is 5.33. The zero-order valence-corrected chi connectivity index (χ0v) is 9.25. The fourth-order valence-electron chi connectivity index (χ4n) is 1.92. The van der Waals surface area contributed by atoms with Gasteiger partial charge in [0.1, 0.15) is 5.82 Å². The van der Waals surface area contributed by atoms with Gasteiger partial charge < -0.3 is 4.98 Å². The number of aromatic amines is 1. The van der Waals surface area contributed by atoms with E-state index < -0.39 is 0 Å². The number of benzene rings is 1. The molecule has 2 rings (SSSR count). The van der Waals surface area contributed by atoms with Crippen LogP contribution in [-0.2, 0) is 12.8 Å². The van der Waals surface area contributed by atoms with E-state index in [0.717, 1.165) is 18.7 Å². The van der Waals surface area contributed by atoms with Crippen LogP contribution >= 0.6 is 0 Å². The van der Waals surface area contributed by atoms with Crippen LogP contribution in [0, 0.1) is 13.8 Å². The standard InChI is InChI=1S/C13H16N2/c1-10-4-3-5-11(2)12(10)6-7-13-14-8-9-15-13/h3-5,8-9H,6-7H2,1-2H3,(H,14,15). The third kappa shape index (κ3) is 2.27. The average molecular weight is 200 g/mol. The first-order chi connectivity index (χ1) is 7.27. The Kier molecular flexibility index (Phi) is 2.86. The van der Waals surface area contributed by atoms with Gasteiger partial charge in [0.2, 0.25) is 0 Å². The second-order valence-electron chi connectivity index (χ2n) is 3.91. The number of rotatable bonds is 3. The number of imidazole rings is 1. The lowest BCUT2D eigenvalue weighted by molar-refractivity contribution is 0.872. The summed E-state index contributed by atoms with van der Waals surface area (Å²) >= 11 is 0. The summed E-state index contributed by atoms with van der Waals surface area (Å²) in [6.45, 7) is 4.34. The quantitative estimate of drug-likeness (QED) is 0.811. The highest BCUT2D eigenvalue weighted by atomic mass is 14.9. The molecule has 78 valence electrons. The van der Waals surface area contributed by atoms with Gasteiger partial charge in [-0.05, 0) is 37.0 Å². The van der Waals surface area contributed by atoms with E-state index in [-0.39, 0.29) is 0 Å². The minimum atomic E-state index is 0.985. The lowest BCUT2D eigenvalue weighted by Crippen LogP contribution is -1.98. The molecule has 0 spiro atoms. The average Bonchev–Trinajstić information content (AvgIpc) is 2.70. The van der Waals surface area contributed by atoms with E-state index >= 15 is 0 Å². The second-order valence-corrected chi connectivity index (χ2v) is 3.91. The van der Waals surface area contributed by atoms with Gasteiger partial charge in [0.05, 0.1) is 0 Å². The van der Waals surface area contributed by atoms with Crippen molar-refractivity contribution < 1.29 is 0 Å². The van der Waals surface area contributed by atoms with Crippen molar-refractivity contribution in [3.8, 4) is 0 Å². The smallest absolute Gasteiger partial charge is 0.106 e. The third-order valence-corrected chi connectivity index (χ3v) is 2.81. The Hall–Kier alpha value is -1.57. The summed E-state index contributed by atoms with van der Waals surface area (Å²) in [4.78, 5) is 7.37. The van der Waals surface area contributed by atoms with Gasteiger partial charge in [0.25, 0.3) is 0 Å². The van der Waals surface area contributed by atoms with Crippen molar-refractivity contribution in [1.82, 2.24) is 9.97 Å². The molecule has 0 aliphatic rings. The predicted molar refractivity (Wildman–Crippen MR) is 61.9 cm³/mol. The van der Waals surface area contributed by atoms with E-state index in [1.807, 2.05) is 6.20 Å². The predicted octanol–water partition coefficient (Wildman–Crippen LogP) is 2.81. The normalized spacial score (nSPS) is 10.5. The van der Waals surface area contributed by atoms with E-state index in [9.17, 15) is 0 Å². The molecule has 0 aliphatic heterocycles. The Labute approximate surface area is 90.4 Å². The summed E-state index contributed by atoms with van der Waals surface area (Å²) in [5.74, 6) is 1.07. The van der Waals surface area contributed by atoms with Gasteiger partial charge in [0, 0.05) is 18.8 Å². The Morgan fingerprint density at radius 3 is 2.47 bits per heavy atom. The lowest BCUT2D eigenvalue weighted by Gasteiger charge is -2.08. The molecule has 0 aliphatic carbocycles. The van der Waals surface area contributed by atoms with Crippen molar-refractivity contribution >= 4 is 0 Å². The van der Waals surface area contributed by atoms with Gasteiger partial charge in [-0.1, -0.05) is 18.2 Å². The molecular weight excluding hydrogens is 184 g/mol. The number of hydrogen-bond acceptors (Lipinski definition) is 1. The maximum absolute atomic E-state index is 4.24. The van der Waals surface area contributed by atoms with Crippen LogP contribution < -0.4 is 0 Å². The van der Waals surface area contributed by atoms with E-state index in [0.29, 0.717) is 0 Å². The molecule has 0 atom stereocenters. The molecule has 1 aromatic carbocycles. The maximum atomic E-state index is 4.24. The maximum Gasteiger partial charge on any atom is 0.106 e. The molecule has 0 saturated carbocycles. The molecule has 0 amide bonds. The van der Waals surface area contributed by atoms with Crippen LogP contribution in [0.3, 0.4) is 0 Å². The van der Waals surface area contributed by atoms with Crippen LogP contribution in [0.5, 0.6) is 0 Å². The number of aromatic nitrogens is 2. The first-order valence-electron chi connectivity index (χ1n) is 5.30. The van der Waals surface area contributed by atoms with Crippen LogP contribution in [0.15, 0.2) is 30.6 Å². The topological polar surface area (TPSA) is 28.7 Å². The number of H-pyrrole nitrogens is 1. The molecule has 0 saturated heterocycles. The van der Waals surface area contributed by atoms with E-state index in [1.165, 1.54) is 16.7 Å². The molecule has 0 fully saturated rings. The Morgan fingerprint density at radius 1 is 1.13 bits per heavy atom. The minimum Gasteiger partial charge on any atom is -0.349 e. The summed E-state index contributed by atoms with van der Waals surface area (Å²) in [6.07, 6.45) is 5.73. The Balaban J connectivity index is 2.11. The minimum absolute atomic E-state index is 0.985. The van der Waals surface area contributed by atoms with Crippen LogP contribution in [0.4, 0.5) is 0 Å². The number of aryl methyl sites for hydroxylation is 3. The van der Waals surface area contributed by atoms with Gasteiger partial charge in [-0.15, -0.1) is 0 Å². The Bertz CT molecular complexity index is 410. The molecule has 1 aromatic heterocycles. The van der Waals surface area contributed by atoms with Crippen molar-refractivity contribution in [3.63, 3.8) is 0 Å². The summed E-state index contributed by atoms with van der Waals surface area (Å²) in [7, 11) is 0. The Morgan fingerprint density at radius 2 is 1.87 bits per heavy atom. The van der Waals surface area contributed by atoms with E-state index in [2.05, 4.69) is 42.0 Å². The van der Waals surface area contributed by atoms with Crippen molar-refractivity contribution in [3.05, 3.63) is 53.1 Å². The molecule has 1 heterocycles. The summed E-state index contributed by atoms with van der Waals surface area (Å²) < 4.78 is 0. The largest absolute Gasteiger partial charge is 0.349 e. The zero-order chi connectivity index (χ0) is 10.7. The first-order valence-corrected chi connectivity index (χ1v) is 5.30. The van der Waals surface area contributed by atoms with Gasteiger partial charge in [0.15, 0.2) is 0 Å². The van der Waals surface area contributed by atoms with Crippen molar-refractivity contribution in [2.45, 2.75) is 26.7 Å². The van der Waals surface area contributed by atoms with Crippen LogP contribution in [0.2, 0.25) is 0 Å². The summed E-state index contributed by atoms with van der Waals surface area (Å²) in [5.41, 5.74) is 4.21. The summed E-state index contributed by atoms with van der Waals surface area (Å²) in [5, 5.41) is 0. The highest BCUT2D eigenvalue weighted by Gasteiger charge is 2.03. The van der Waals surface area contributed by atoms with Crippen LogP contribution in [0.1, 0.15) is 22.5 Å². The molecule has 2 heteroatoms. The third-order valence-electron chi connectivity index (χ3n) is 2.81. The van der Waals surface area contributed by atoms with Gasteiger partial charge in [-0.2, -0.15) is 0 Å². The van der Waals surface area contributed by atoms with Crippen molar-refractivity contribution in [1.29, 1.82) is 0 Å². The van der Waals surface area contributed by atoms with Crippen molar-refractivity contribution in [2.24, 2.45) is 0 Å². The zero-order valence-electron chi connectivity index (χ0n) is 9.25. The SMILES string of the molecule is Cc1cccc(C)c1CCc1ncc[nH]1. The molecule has 1 N–H and O–H groups in total. The second kappa shape index (κ2) is 4.30. The molecule has 0 unspecified atom stereocenters. The molecule has 0 radical (unpaired) electrons. The van der Waals surface area contributed by atoms with Crippen LogP contribution in [0.25, 0.3) is 0 Å². The molecule has 15 heavy (non-hydrogen) atoms. The molecule has 2 nitrogen and oxygen atoms in total. The number of nitrogens with one attached hydrogen (secondary N) is 1. The fourth-order valence-corrected chi connectivity index (χ4v) is 1.92. The number of hydrogen-bond donors (Lipinski definition) is 1. The van der Waals surface area contributed by atoms with Crippen molar-refractivity contribution in [2.75, 3.05) is 0 Å². The van der Waals surface area contributed by atoms with E-state index in [4.69, 9.17) is 0 Å². The molecular formula is C13H16N2. The highest BCUT2D eigenvalue weighted by Crippen LogP contribution is 2.15. The lowest BCUT2D eigenvalue weighted by atomic mass is 9.99. The van der Waals surface area contributed by atoms with E-state index in [1.54, 1.807) is 6.20 Å². The fraction of sp³-hybridized carbons (Fsp3) is 0.308. The van der Waals surface area contributed by atoms with Gasteiger partial charge in [-0.3, -0.25) is 0 Å². The molecule has 0 bridgehead atoms. The first kappa shape index (κ1) is 9.97. The van der Waals surface area contributed by atoms with Gasteiger partial charge in [-0.25, -0.2) is 4.98 Å². The van der Waals surface area contributed by atoms with Crippen LogP contribution in [-0.4, -0.2) is 9.97 Å². The molecule has 2 aromatic rings. The summed E-state index contributed by atoms with van der Waals surface area (Å²) in [6, 6.07) is 6.45. The number of nitrogens with zero attached hydrogens (tertiary/aromatic N) is 1. The monoisotopic (exact) mass is 200 g/mol. The van der Waals surface area contributed by atoms with Gasteiger partial charge >= 0.3 is 0 Å².